The first-order valence-electron chi connectivity index (χ1n) is 12.7. The molecule has 0 saturated heterocycles. The second-order valence-electron chi connectivity index (χ2n) is 11.7. The highest BCUT2D eigenvalue weighted by Gasteiger charge is 2.62. The van der Waals surface area contributed by atoms with Gasteiger partial charge in [0, 0.05) is 36.3 Å². The van der Waals surface area contributed by atoms with Gasteiger partial charge in [-0.05, 0) is 62.9 Å². The minimum absolute atomic E-state index is 0.00345. The second-order valence-corrected chi connectivity index (χ2v) is 12.0. The van der Waals surface area contributed by atoms with Gasteiger partial charge in [0.1, 0.15) is 18.5 Å². The number of fused-ring (bicyclic) bond motifs is 3. The van der Waals surface area contributed by atoms with Crippen molar-refractivity contribution >= 4 is 29.3 Å². The molecule has 0 aromatic carbocycles. The molecule has 192 valence electrons. The number of nitrogens with zero attached hydrogens (tertiary/aromatic N) is 1. The molecule has 34 heavy (non-hydrogen) atoms. The lowest BCUT2D eigenvalue weighted by Gasteiger charge is -2.62. The molecule has 3 fully saturated rings. The van der Waals surface area contributed by atoms with Gasteiger partial charge in [-0.15, -0.1) is 11.6 Å². The van der Waals surface area contributed by atoms with E-state index in [-0.39, 0.29) is 70.6 Å². The summed E-state index contributed by atoms with van der Waals surface area (Å²) in [6.07, 6.45) is 5.61. The van der Waals surface area contributed by atoms with Crippen LogP contribution in [0.15, 0.2) is 11.6 Å². The first kappa shape index (κ1) is 27.2. The summed E-state index contributed by atoms with van der Waals surface area (Å²) < 4.78 is 11.2. The Balaban J connectivity index is 1.76. The van der Waals surface area contributed by atoms with Crippen LogP contribution in [0.3, 0.4) is 0 Å². The van der Waals surface area contributed by atoms with E-state index in [0.29, 0.717) is 19.6 Å². The highest BCUT2D eigenvalue weighted by Crippen LogP contribution is 2.64. The molecule has 3 saturated carbocycles. The van der Waals surface area contributed by atoms with Crippen LogP contribution in [0.2, 0.25) is 0 Å². The Morgan fingerprint density at radius 3 is 2.56 bits per heavy atom. The maximum absolute atomic E-state index is 13.6. The van der Waals surface area contributed by atoms with Gasteiger partial charge < -0.3 is 14.4 Å². The molecule has 0 N–H and O–H groups in total. The Hall–Kier alpha value is -1.40. The SMILES string of the molecule is CC1/C(=C/C(=O)OCCN(C)C)CCC2C1C(=O)CC1C(C)(C)[C@H](OC(=O)CCCl)CC[C@@]21C. The molecule has 3 aliphatic rings. The van der Waals surface area contributed by atoms with E-state index in [1.807, 2.05) is 19.0 Å². The first-order valence-corrected chi connectivity index (χ1v) is 13.2. The van der Waals surface area contributed by atoms with Crippen LogP contribution < -0.4 is 0 Å². The molecular weight excluding hydrogens is 454 g/mol. The first-order chi connectivity index (χ1) is 15.9. The number of hydrogen-bond acceptors (Lipinski definition) is 6. The van der Waals surface area contributed by atoms with E-state index in [2.05, 4.69) is 27.7 Å². The molecule has 4 unspecified atom stereocenters. The van der Waals surface area contributed by atoms with Crippen molar-refractivity contribution in [3.63, 3.8) is 0 Å². The van der Waals surface area contributed by atoms with Crippen molar-refractivity contribution in [1.82, 2.24) is 4.90 Å². The number of hydrogen-bond donors (Lipinski definition) is 0. The third kappa shape index (κ3) is 5.38. The van der Waals surface area contributed by atoms with Crippen molar-refractivity contribution in [2.75, 3.05) is 33.1 Å². The fraction of sp³-hybridized carbons (Fsp3) is 0.815. The third-order valence-corrected chi connectivity index (χ3v) is 9.24. The monoisotopic (exact) mass is 495 g/mol. The van der Waals surface area contributed by atoms with Gasteiger partial charge in [-0.3, -0.25) is 9.59 Å². The maximum Gasteiger partial charge on any atom is 0.330 e. The van der Waals surface area contributed by atoms with Crippen LogP contribution in [0, 0.1) is 34.5 Å². The molecular formula is C27H42ClNO5. The van der Waals surface area contributed by atoms with Gasteiger partial charge in [-0.25, -0.2) is 4.79 Å². The molecule has 0 aromatic rings. The largest absolute Gasteiger partial charge is 0.462 e. The number of halogens is 1. The van der Waals surface area contributed by atoms with Crippen LogP contribution in [0.5, 0.6) is 0 Å². The molecule has 7 heteroatoms. The topological polar surface area (TPSA) is 72.9 Å². The Kier molecular flexibility index (Phi) is 8.55. The fourth-order valence-electron chi connectivity index (χ4n) is 7.12. The van der Waals surface area contributed by atoms with Crippen LogP contribution in [-0.2, 0) is 23.9 Å². The smallest absolute Gasteiger partial charge is 0.330 e. The van der Waals surface area contributed by atoms with Gasteiger partial charge in [-0.2, -0.15) is 0 Å². The highest BCUT2D eigenvalue weighted by atomic mass is 35.5. The molecule has 0 amide bonds. The number of Topliss-reactive ketones (excluding diaryl/α,β-unsaturated/α-hetero) is 1. The number of allylic oxidation sites excluding steroid dienone is 1. The molecule has 6 atom stereocenters. The van der Waals surface area contributed by atoms with Gasteiger partial charge >= 0.3 is 11.9 Å². The van der Waals surface area contributed by atoms with Crippen molar-refractivity contribution in [2.24, 2.45) is 34.5 Å². The molecule has 0 aromatic heterocycles. The van der Waals surface area contributed by atoms with Crippen molar-refractivity contribution < 1.29 is 23.9 Å². The van der Waals surface area contributed by atoms with E-state index in [1.165, 1.54) is 0 Å². The Bertz CT molecular complexity index is 822. The average molecular weight is 496 g/mol. The molecule has 0 bridgehead atoms. The van der Waals surface area contributed by atoms with Gasteiger partial charge in [0.2, 0.25) is 0 Å². The lowest BCUT2D eigenvalue weighted by molar-refractivity contribution is -0.189. The van der Waals surface area contributed by atoms with Crippen LogP contribution in [0.1, 0.15) is 66.2 Å². The number of ketones is 1. The number of likely N-dealkylation sites (N-methyl/N-ethyl adjacent to an activating group) is 1. The van der Waals surface area contributed by atoms with E-state index in [1.54, 1.807) is 6.08 Å². The molecule has 0 radical (unpaired) electrons. The average Bonchev–Trinajstić information content (AvgIpc) is 2.74. The van der Waals surface area contributed by atoms with Crippen molar-refractivity contribution in [3.05, 3.63) is 11.6 Å². The number of rotatable bonds is 7. The maximum atomic E-state index is 13.6. The highest BCUT2D eigenvalue weighted by molar-refractivity contribution is 6.18. The second kappa shape index (κ2) is 10.7. The third-order valence-electron chi connectivity index (χ3n) is 9.05. The van der Waals surface area contributed by atoms with Gasteiger partial charge in [-0.1, -0.05) is 33.3 Å². The number of ether oxygens (including phenoxy) is 2. The Labute approximate surface area is 209 Å². The standard InChI is InChI=1S/C27H42ClNO5/c1-17-18(15-24(32)33-14-13-29(5)6)7-8-19-25(17)20(30)16-21-26(2,3)22(9-11-27(19,21)4)34-23(31)10-12-28/h15,17,19,21-22,25H,7-14,16H2,1-6H3/b18-15+/t17?,19?,21?,22-,25?,27+/m1/s1. The minimum atomic E-state index is -0.310. The summed E-state index contributed by atoms with van der Waals surface area (Å²) in [5.74, 6) is 0.374. The van der Waals surface area contributed by atoms with Gasteiger partial charge in [0.05, 0.1) is 6.42 Å². The minimum Gasteiger partial charge on any atom is -0.462 e. The van der Waals surface area contributed by atoms with Crippen molar-refractivity contribution in [2.45, 2.75) is 72.3 Å². The van der Waals surface area contributed by atoms with Crippen LogP contribution in [0.4, 0.5) is 0 Å². The zero-order valence-electron chi connectivity index (χ0n) is 21.7. The van der Waals surface area contributed by atoms with Crippen LogP contribution >= 0.6 is 11.6 Å². The predicted molar refractivity (Wildman–Crippen MR) is 132 cm³/mol. The molecule has 3 rings (SSSR count). The van der Waals surface area contributed by atoms with Gasteiger partial charge in [0.25, 0.3) is 0 Å². The Morgan fingerprint density at radius 2 is 1.91 bits per heavy atom. The molecule has 6 nitrogen and oxygen atoms in total. The quantitative estimate of drug-likeness (QED) is 0.291. The fourth-order valence-corrected chi connectivity index (χ4v) is 7.28. The summed E-state index contributed by atoms with van der Waals surface area (Å²) in [5.41, 5.74) is 0.753. The summed E-state index contributed by atoms with van der Waals surface area (Å²) in [6, 6.07) is 0. The Morgan fingerprint density at radius 1 is 1.21 bits per heavy atom. The summed E-state index contributed by atoms with van der Waals surface area (Å²) >= 11 is 5.73. The lowest BCUT2D eigenvalue weighted by Crippen LogP contribution is -2.60. The van der Waals surface area contributed by atoms with Crippen LogP contribution in [0.25, 0.3) is 0 Å². The van der Waals surface area contributed by atoms with E-state index in [9.17, 15) is 14.4 Å². The normalized spacial score (nSPS) is 36.1. The van der Waals surface area contributed by atoms with Crippen molar-refractivity contribution in [3.8, 4) is 0 Å². The van der Waals surface area contributed by atoms with E-state index >= 15 is 0 Å². The molecule has 0 heterocycles. The zero-order valence-corrected chi connectivity index (χ0v) is 22.5. The molecule has 0 spiro atoms. The summed E-state index contributed by atoms with van der Waals surface area (Å²) in [4.78, 5) is 40.1. The van der Waals surface area contributed by atoms with Gasteiger partial charge in [0.15, 0.2) is 0 Å². The number of alkyl halides is 1. The molecule has 3 aliphatic carbocycles. The predicted octanol–water partition coefficient (Wildman–Crippen LogP) is 4.64. The zero-order chi connectivity index (χ0) is 25.3. The van der Waals surface area contributed by atoms with E-state index in [4.69, 9.17) is 21.1 Å². The number of carbonyl (C=O) groups is 3. The summed E-state index contributed by atoms with van der Waals surface area (Å²) in [7, 11) is 3.88. The van der Waals surface area contributed by atoms with E-state index < -0.39 is 0 Å². The van der Waals surface area contributed by atoms with Crippen molar-refractivity contribution in [1.29, 1.82) is 0 Å². The molecule has 0 aliphatic heterocycles. The number of esters is 2. The van der Waals surface area contributed by atoms with E-state index in [0.717, 1.165) is 31.3 Å². The number of carbonyl (C=O) groups excluding carboxylic acids is 3. The summed E-state index contributed by atoms with van der Waals surface area (Å²) in [6.45, 7) is 9.80. The lowest BCUT2D eigenvalue weighted by atomic mass is 9.42. The summed E-state index contributed by atoms with van der Waals surface area (Å²) in [5, 5.41) is 0. The van der Waals surface area contributed by atoms with Crippen LogP contribution in [-0.4, -0.2) is 61.9 Å².